The number of amides is 1. The molecule has 0 radical (unpaired) electrons. The van der Waals surface area contributed by atoms with E-state index < -0.39 is 16.9 Å². The largest absolute Gasteiger partial charge is 0.485 e. The first-order valence-corrected chi connectivity index (χ1v) is 9.14. The molecule has 1 aliphatic heterocycles. The fraction of sp³-hybridized carbons (Fsp3) is 0.100. The number of para-hydroxylation sites is 2. The number of carbonyl (C=O) groups excluding carboxylic acids is 1. The molecule has 30 heavy (non-hydrogen) atoms. The van der Waals surface area contributed by atoms with Crippen LogP contribution in [-0.2, 0) is 4.79 Å². The fourth-order valence-corrected chi connectivity index (χ4v) is 3.03. The van der Waals surface area contributed by atoms with Gasteiger partial charge in [0.05, 0.1) is 16.2 Å². The Balaban J connectivity index is 1.38. The van der Waals surface area contributed by atoms with E-state index in [9.17, 15) is 14.9 Å². The summed E-state index contributed by atoms with van der Waals surface area (Å²) in [6, 6.07) is 14.4. The van der Waals surface area contributed by atoms with Crippen molar-refractivity contribution in [3.05, 3.63) is 75.5 Å². The smallest absolute Gasteiger partial charge is 0.284 e. The molecule has 0 spiro atoms. The average molecular weight is 428 g/mol. The van der Waals surface area contributed by atoms with Gasteiger partial charge in [-0.2, -0.15) is 5.10 Å². The molecule has 2 aromatic carbocycles. The van der Waals surface area contributed by atoms with Gasteiger partial charge >= 0.3 is 0 Å². The number of ether oxygens (including phenoxy) is 2. The zero-order chi connectivity index (χ0) is 21.1. The first kappa shape index (κ1) is 19.5. The Hall–Kier alpha value is -3.85. The van der Waals surface area contributed by atoms with Gasteiger partial charge in [0, 0.05) is 17.7 Å². The van der Waals surface area contributed by atoms with Crippen molar-refractivity contribution in [3.8, 4) is 22.8 Å². The third-order valence-electron chi connectivity index (χ3n) is 4.22. The zero-order valence-corrected chi connectivity index (χ0v) is 16.0. The van der Waals surface area contributed by atoms with Crippen LogP contribution in [0.1, 0.15) is 5.76 Å². The summed E-state index contributed by atoms with van der Waals surface area (Å²) >= 11 is 6.10. The number of non-ortho nitro benzene ring substituents is 1. The predicted octanol–water partition coefficient (Wildman–Crippen LogP) is 3.80. The SMILES string of the molecule is O=C(N/N=C/c1ccc(-c2ccc([N+](=O)[O-])cc2Cl)o1)C1COc2ccccc2O1. The van der Waals surface area contributed by atoms with Gasteiger partial charge in [0.15, 0.2) is 11.5 Å². The predicted molar refractivity (Wildman–Crippen MR) is 108 cm³/mol. The van der Waals surface area contributed by atoms with E-state index >= 15 is 0 Å². The highest BCUT2D eigenvalue weighted by Gasteiger charge is 2.27. The minimum Gasteiger partial charge on any atom is -0.485 e. The maximum Gasteiger partial charge on any atom is 0.284 e. The number of nitro groups is 1. The number of furan rings is 1. The molecule has 1 unspecified atom stereocenters. The number of nitrogens with one attached hydrogen (secondary N) is 1. The second-order valence-corrected chi connectivity index (χ2v) is 6.63. The molecule has 9 nitrogen and oxygen atoms in total. The van der Waals surface area contributed by atoms with Gasteiger partial charge in [0.25, 0.3) is 11.6 Å². The molecule has 0 saturated carbocycles. The van der Waals surface area contributed by atoms with Crippen LogP contribution in [0.5, 0.6) is 11.5 Å². The molecule has 1 aliphatic rings. The van der Waals surface area contributed by atoms with E-state index in [-0.39, 0.29) is 17.3 Å². The molecular formula is C20H14ClN3O6. The standard InChI is InChI=1S/C20H14ClN3O6/c21-15-9-12(24(26)27)5-7-14(15)16-8-6-13(29-16)10-22-23-20(25)19-11-28-17-3-1-2-4-18(17)30-19/h1-10,19H,11H2,(H,23,25)/b22-10+. The molecule has 152 valence electrons. The number of fused-ring (bicyclic) bond motifs is 1. The van der Waals surface area contributed by atoms with E-state index in [1.807, 2.05) is 6.07 Å². The summed E-state index contributed by atoms with van der Waals surface area (Å²) < 4.78 is 16.7. The molecular weight excluding hydrogens is 414 g/mol. The summed E-state index contributed by atoms with van der Waals surface area (Å²) in [7, 11) is 0. The average Bonchev–Trinajstić information content (AvgIpc) is 3.21. The van der Waals surface area contributed by atoms with Crippen LogP contribution in [0.4, 0.5) is 5.69 Å². The molecule has 10 heteroatoms. The second-order valence-electron chi connectivity index (χ2n) is 6.22. The number of benzene rings is 2. The van der Waals surface area contributed by atoms with Gasteiger partial charge in [-0.1, -0.05) is 23.7 Å². The van der Waals surface area contributed by atoms with Crippen molar-refractivity contribution in [2.24, 2.45) is 5.10 Å². The summed E-state index contributed by atoms with van der Waals surface area (Å²) in [6.07, 6.45) is 0.487. The number of hydrogen-bond acceptors (Lipinski definition) is 7. The molecule has 2 heterocycles. The minimum atomic E-state index is -0.830. The van der Waals surface area contributed by atoms with E-state index in [0.717, 1.165) is 0 Å². The summed E-state index contributed by atoms with van der Waals surface area (Å²) in [4.78, 5) is 22.5. The number of hydrogen-bond donors (Lipinski definition) is 1. The summed E-state index contributed by atoms with van der Waals surface area (Å²) in [5.74, 6) is 1.36. The van der Waals surface area contributed by atoms with Gasteiger partial charge in [0.1, 0.15) is 18.1 Å². The van der Waals surface area contributed by atoms with E-state index in [1.54, 1.807) is 30.3 Å². The van der Waals surface area contributed by atoms with Crippen LogP contribution < -0.4 is 14.9 Å². The Bertz CT molecular complexity index is 1140. The summed E-state index contributed by atoms with van der Waals surface area (Å²) in [5.41, 5.74) is 2.76. The van der Waals surface area contributed by atoms with E-state index in [0.29, 0.717) is 28.6 Å². The van der Waals surface area contributed by atoms with Crippen molar-refractivity contribution in [2.45, 2.75) is 6.10 Å². The lowest BCUT2D eigenvalue weighted by molar-refractivity contribution is -0.384. The number of nitro benzene ring substituents is 1. The Kier molecular flexibility index (Phi) is 5.36. The van der Waals surface area contributed by atoms with Crippen molar-refractivity contribution < 1.29 is 23.6 Å². The lowest BCUT2D eigenvalue weighted by Crippen LogP contribution is -2.42. The monoisotopic (exact) mass is 427 g/mol. The highest BCUT2D eigenvalue weighted by molar-refractivity contribution is 6.33. The third kappa shape index (κ3) is 4.11. The molecule has 3 aromatic rings. The maximum absolute atomic E-state index is 12.2. The van der Waals surface area contributed by atoms with Crippen LogP contribution in [0.3, 0.4) is 0 Å². The highest BCUT2D eigenvalue weighted by atomic mass is 35.5. The molecule has 0 fully saturated rings. The lowest BCUT2D eigenvalue weighted by Gasteiger charge is -2.24. The Morgan fingerprint density at radius 2 is 2.00 bits per heavy atom. The van der Waals surface area contributed by atoms with Crippen molar-refractivity contribution in [2.75, 3.05) is 6.61 Å². The van der Waals surface area contributed by atoms with Crippen LogP contribution in [0, 0.1) is 10.1 Å². The summed E-state index contributed by atoms with van der Waals surface area (Å²) in [5, 5.41) is 14.9. The Labute approximate surface area is 175 Å². The van der Waals surface area contributed by atoms with Crippen molar-refractivity contribution in [3.63, 3.8) is 0 Å². The van der Waals surface area contributed by atoms with E-state index in [2.05, 4.69) is 10.5 Å². The molecule has 1 amide bonds. The van der Waals surface area contributed by atoms with Gasteiger partial charge in [-0.15, -0.1) is 0 Å². The van der Waals surface area contributed by atoms with Crippen LogP contribution in [0.15, 0.2) is 64.1 Å². The quantitative estimate of drug-likeness (QED) is 0.376. The molecule has 0 aliphatic carbocycles. The number of hydrazone groups is 1. The van der Waals surface area contributed by atoms with Crippen molar-refractivity contribution in [1.29, 1.82) is 0 Å². The van der Waals surface area contributed by atoms with Gasteiger partial charge in [-0.25, -0.2) is 5.43 Å². The molecule has 4 rings (SSSR count). The topological polar surface area (TPSA) is 116 Å². The molecule has 0 bridgehead atoms. The van der Waals surface area contributed by atoms with Gasteiger partial charge < -0.3 is 13.9 Å². The normalized spacial score (nSPS) is 15.2. The number of nitrogens with zero attached hydrogens (tertiary/aromatic N) is 2. The van der Waals surface area contributed by atoms with Gasteiger partial charge in [-0.3, -0.25) is 14.9 Å². The molecule has 1 aromatic heterocycles. The number of halogens is 1. The Morgan fingerprint density at radius 3 is 2.77 bits per heavy atom. The van der Waals surface area contributed by atoms with E-state index in [1.165, 1.54) is 24.4 Å². The molecule has 1 atom stereocenters. The van der Waals surface area contributed by atoms with Crippen LogP contribution in [0.2, 0.25) is 5.02 Å². The minimum absolute atomic E-state index is 0.0713. The highest BCUT2D eigenvalue weighted by Crippen LogP contribution is 2.32. The third-order valence-corrected chi connectivity index (χ3v) is 4.54. The zero-order valence-electron chi connectivity index (χ0n) is 15.3. The number of carbonyl (C=O) groups is 1. The van der Waals surface area contributed by atoms with Crippen LogP contribution in [-0.4, -0.2) is 29.8 Å². The van der Waals surface area contributed by atoms with Crippen molar-refractivity contribution in [1.82, 2.24) is 5.43 Å². The molecule has 1 N–H and O–H groups in total. The van der Waals surface area contributed by atoms with Crippen molar-refractivity contribution >= 4 is 29.4 Å². The lowest BCUT2D eigenvalue weighted by atomic mass is 10.1. The first-order chi connectivity index (χ1) is 14.5. The molecule has 0 saturated heterocycles. The van der Waals surface area contributed by atoms with Gasteiger partial charge in [-0.05, 0) is 30.3 Å². The van der Waals surface area contributed by atoms with Crippen LogP contribution >= 0.6 is 11.6 Å². The maximum atomic E-state index is 12.2. The second kappa shape index (κ2) is 8.26. The van der Waals surface area contributed by atoms with E-state index in [4.69, 9.17) is 25.5 Å². The summed E-state index contributed by atoms with van der Waals surface area (Å²) in [6.45, 7) is 0.0713. The fourth-order valence-electron chi connectivity index (χ4n) is 2.76. The first-order valence-electron chi connectivity index (χ1n) is 8.77. The van der Waals surface area contributed by atoms with Gasteiger partial charge in [0.2, 0.25) is 6.10 Å². The number of rotatable bonds is 5. The van der Waals surface area contributed by atoms with Crippen LogP contribution in [0.25, 0.3) is 11.3 Å². The Morgan fingerprint density at radius 1 is 1.20 bits per heavy atom.